The molecular weight excluding hydrogens is 394 g/mol. The zero-order chi connectivity index (χ0) is 22.0. The highest BCUT2D eigenvalue weighted by atomic mass is 16.6. The Labute approximate surface area is 179 Å². The zero-order valence-electron chi connectivity index (χ0n) is 17.6. The molecule has 7 heteroatoms. The SMILES string of the molecule is CC(C)(C)OC(=O)n1c(-c2cnc[nH]c2=O)cc2ccc(OCc3ccccc3)cc21. The number of aromatic nitrogens is 3. The predicted octanol–water partition coefficient (Wildman–Crippen LogP) is 4.75. The van der Waals surface area contributed by atoms with Gasteiger partial charge in [-0.05, 0) is 44.5 Å². The lowest BCUT2D eigenvalue weighted by Crippen LogP contribution is -2.28. The first kappa shape index (κ1) is 20.4. The van der Waals surface area contributed by atoms with E-state index in [1.54, 1.807) is 32.9 Å². The van der Waals surface area contributed by atoms with E-state index < -0.39 is 11.7 Å². The van der Waals surface area contributed by atoms with Crippen LogP contribution in [0.25, 0.3) is 22.2 Å². The van der Waals surface area contributed by atoms with E-state index in [9.17, 15) is 9.59 Å². The van der Waals surface area contributed by atoms with Crippen LogP contribution >= 0.6 is 0 Å². The van der Waals surface area contributed by atoms with Crippen LogP contribution in [0.3, 0.4) is 0 Å². The number of nitrogens with zero attached hydrogens (tertiary/aromatic N) is 2. The van der Waals surface area contributed by atoms with Gasteiger partial charge in [0.1, 0.15) is 18.0 Å². The molecule has 0 aliphatic carbocycles. The number of aromatic amines is 1. The third kappa shape index (κ3) is 4.50. The van der Waals surface area contributed by atoms with Crippen LogP contribution in [0.15, 0.2) is 71.9 Å². The number of carbonyl (C=O) groups excluding carboxylic acids is 1. The van der Waals surface area contributed by atoms with Crippen LogP contribution in [0.4, 0.5) is 4.79 Å². The molecule has 31 heavy (non-hydrogen) atoms. The molecule has 0 saturated heterocycles. The Bertz CT molecular complexity index is 1280. The highest BCUT2D eigenvalue weighted by molar-refractivity contribution is 5.96. The minimum atomic E-state index is -0.701. The Morgan fingerprint density at radius 2 is 1.87 bits per heavy atom. The van der Waals surface area contributed by atoms with Crippen LogP contribution in [-0.4, -0.2) is 26.2 Å². The van der Waals surface area contributed by atoms with Crippen molar-refractivity contribution in [2.24, 2.45) is 0 Å². The molecule has 0 aliphatic heterocycles. The third-order valence-corrected chi connectivity index (χ3v) is 4.59. The fourth-order valence-electron chi connectivity index (χ4n) is 3.24. The monoisotopic (exact) mass is 417 g/mol. The van der Waals surface area contributed by atoms with Gasteiger partial charge in [0.15, 0.2) is 0 Å². The molecule has 2 aromatic carbocycles. The van der Waals surface area contributed by atoms with Gasteiger partial charge in [0.05, 0.1) is 23.1 Å². The van der Waals surface area contributed by atoms with Crippen molar-refractivity contribution in [1.82, 2.24) is 14.5 Å². The van der Waals surface area contributed by atoms with Gasteiger partial charge in [-0.3, -0.25) is 4.79 Å². The van der Waals surface area contributed by atoms with Crippen molar-refractivity contribution in [3.8, 4) is 17.0 Å². The first-order valence-electron chi connectivity index (χ1n) is 9.90. The highest BCUT2D eigenvalue weighted by Crippen LogP contribution is 2.30. The van der Waals surface area contributed by atoms with Crippen LogP contribution < -0.4 is 10.3 Å². The van der Waals surface area contributed by atoms with Crippen LogP contribution in [0.5, 0.6) is 5.75 Å². The topological polar surface area (TPSA) is 86.2 Å². The van der Waals surface area contributed by atoms with Gasteiger partial charge in [-0.25, -0.2) is 14.3 Å². The number of rotatable bonds is 4. The largest absolute Gasteiger partial charge is 0.489 e. The average Bonchev–Trinajstić information content (AvgIpc) is 3.11. The standard InChI is InChI=1S/C24H23N3O4/c1-24(2,3)31-23(29)27-20-12-18(30-14-16-7-5-4-6-8-16)10-9-17(20)11-21(27)19-13-25-15-26-22(19)28/h4-13,15H,14H2,1-3H3,(H,25,26,28). The molecular formula is C24H23N3O4. The lowest BCUT2D eigenvalue weighted by Gasteiger charge is -2.21. The second-order valence-electron chi connectivity index (χ2n) is 8.13. The normalized spacial score (nSPS) is 11.5. The summed E-state index contributed by atoms with van der Waals surface area (Å²) in [7, 11) is 0. The molecule has 0 aliphatic rings. The molecule has 158 valence electrons. The fraction of sp³-hybridized carbons (Fsp3) is 0.208. The Morgan fingerprint density at radius 1 is 1.10 bits per heavy atom. The van der Waals surface area contributed by atoms with Crippen molar-refractivity contribution < 1.29 is 14.3 Å². The van der Waals surface area contributed by atoms with E-state index in [1.165, 1.54) is 17.1 Å². The number of carbonyl (C=O) groups is 1. The number of nitrogens with one attached hydrogen (secondary N) is 1. The Hall–Kier alpha value is -3.87. The van der Waals surface area contributed by atoms with Gasteiger partial charge in [0.25, 0.3) is 5.56 Å². The number of ether oxygens (including phenoxy) is 2. The Morgan fingerprint density at radius 3 is 2.58 bits per heavy atom. The minimum Gasteiger partial charge on any atom is -0.489 e. The molecule has 7 nitrogen and oxygen atoms in total. The third-order valence-electron chi connectivity index (χ3n) is 4.59. The van der Waals surface area contributed by atoms with Crippen molar-refractivity contribution in [3.63, 3.8) is 0 Å². The smallest absolute Gasteiger partial charge is 0.419 e. The molecule has 4 rings (SSSR count). The highest BCUT2D eigenvalue weighted by Gasteiger charge is 2.24. The van der Waals surface area contributed by atoms with E-state index in [4.69, 9.17) is 9.47 Å². The molecule has 4 aromatic rings. The van der Waals surface area contributed by atoms with Gasteiger partial charge < -0.3 is 14.5 Å². The van der Waals surface area contributed by atoms with Gasteiger partial charge in [0, 0.05) is 17.6 Å². The average molecular weight is 417 g/mol. The molecule has 2 heterocycles. The molecule has 0 spiro atoms. The second kappa shape index (κ2) is 8.10. The van der Waals surface area contributed by atoms with Crippen molar-refractivity contribution in [3.05, 3.63) is 83.0 Å². The van der Waals surface area contributed by atoms with Crippen molar-refractivity contribution in [2.75, 3.05) is 0 Å². The second-order valence-corrected chi connectivity index (χ2v) is 8.13. The summed E-state index contributed by atoms with van der Waals surface area (Å²) in [6.07, 6.45) is 2.16. The molecule has 0 bridgehead atoms. The fourth-order valence-corrected chi connectivity index (χ4v) is 3.24. The summed E-state index contributed by atoms with van der Waals surface area (Å²) in [5.74, 6) is 0.603. The number of hydrogen-bond donors (Lipinski definition) is 1. The van der Waals surface area contributed by atoms with Crippen molar-refractivity contribution in [1.29, 1.82) is 0 Å². The van der Waals surface area contributed by atoms with Gasteiger partial charge >= 0.3 is 6.09 Å². The van der Waals surface area contributed by atoms with Crippen LogP contribution in [0.2, 0.25) is 0 Å². The van der Waals surface area contributed by atoms with Gasteiger partial charge in [-0.2, -0.15) is 0 Å². The number of fused-ring (bicyclic) bond motifs is 1. The van der Waals surface area contributed by atoms with Gasteiger partial charge in [-0.15, -0.1) is 0 Å². The maximum absolute atomic E-state index is 13.1. The molecule has 0 amide bonds. The Kier molecular flexibility index (Phi) is 5.33. The van der Waals surface area contributed by atoms with Crippen molar-refractivity contribution in [2.45, 2.75) is 33.0 Å². The summed E-state index contributed by atoms with van der Waals surface area (Å²) in [6, 6.07) is 17.0. The van der Waals surface area contributed by atoms with Crippen LogP contribution in [-0.2, 0) is 11.3 Å². The number of hydrogen-bond acceptors (Lipinski definition) is 5. The van der Waals surface area contributed by atoms with E-state index in [0.29, 0.717) is 23.6 Å². The predicted molar refractivity (Wildman–Crippen MR) is 118 cm³/mol. The Balaban J connectivity index is 1.80. The lowest BCUT2D eigenvalue weighted by molar-refractivity contribution is 0.0547. The molecule has 0 saturated carbocycles. The number of H-pyrrole nitrogens is 1. The summed E-state index contributed by atoms with van der Waals surface area (Å²) in [5, 5.41) is 0.774. The van der Waals surface area contributed by atoms with E-state index in [-0.39, 0.29) is 11.1 Å². The molecule has 1 N–H and O–H groups in total. The maximum atomic E-state index is 13.1. The zero-order valence-corrected chi connectivity index (χ0v) is 17.6. The summed E-state index contributed by atoms with van der Waals surface area (Å²) in [5.41, 5.74) is 1.25. The van der Waals surface area contributed by atoms with E-state index in [1.807, 2.05) is 42.5 Å². The molecule has 0 radical (unpaired) electrons. The molecule has 0 fully saturated rings. The van der Waals surface area contributed by atoms with E-state index in [2.05, 4.69) is 9.97 Å². The van der Waals surface area contributed by atoms with Crippen molar-refractivity contribution >= 4 is 17.0 Å². The maximum Gasteiger partial charge on any atom is 0.419 e. The minimum absolute atomic E-state index is 0.274. The summed E-state index contributed by atoms with van der Waals surface area (Å²) in [4.78, 5) is 32.0. The van der Waals surface area contributed by atoms with E-state index >= 15 is 0 Å². The molecule has 0 atom stereocenters. The summed E-state index contributed by atoms with van der Waals surface area (Å²) >= 11 is 0. The summed E-state index contributed by atoms with van der Waals surface area (Å²) < 4.78 is 12.9. The quantitative estimate of drug-likeness (QED) is 0.518. The van der Waals surface area contributed by atoms with Crippen LogP contribution in [0.1, 0.15) is 26.3 Å². The number of benzene rings is 2. The molecule has 0 unspecified atom stereocenters. The summed E-state index contributed by atoms with van der Waals surface area (Å²) in [6.45, 7) is 5.78. The molecule has 2 aromatic heterocycles. The van der Waals surface area contributed by atoms with Crippen LogP contribution in [0, 0.1) is 0 Å². The lowest BCUT2D eigenvalue weighted by atomic mass is 10.2. The van der Waals surface area contributed by atoms with E-state index in [0.717, 1.165) is 10.9 Å². The first-order chi connectivity index (χ1) is 14.8. The van der Waals surface area contributed by atoms with Gasteiger partial charge in [-0.1, -0.05) is 30.3 Å². The first-order valence-corrected chi connectivity index (χ1v) is 9.90. The van der Waals surface area contributed by atoms with Gasteiger partial charge in [0.2, 0.25) is 0 Å².